The maximum absolute atomic E-state index is 13.4. The highest BCUT2D eigenvalue weighted by molar-refractivity contribution is 5.75. The lowest BCUT2D eigenvalue weighted by molar-refractivity contribution is 0.212. The Balaban J connectivity index is 1.26. The second-order valence-corrected chi connectivity index (χ2v) is 8.86. The van der Waals surface area contributed by atoms with Crippen molar-refractivity contribution in [1.29, 1.82) is 0 Å². The predicted octanol–water partition coefficient (Wildman–Crippen LogP) is 5.45. The second kappa shape index (κ2) is 9.31. The fourth-order valence-electron chi connectivity index (χ4n) is 4.99. The fraction of sp³-hybridized carbons (Fsp3) is 0.172. The molecular weight excluding hydrogens is 437 g/mol. The first-order valence-corrected chi connectivity index (χ1v) is 12.0. The predicted molar refractivity (Wildman–Crippen MR) is 137 cm³/mol. The van der Waals surface area contributed by atoms with Crippen molar-refractivity contribution in [1.82, 2.24) is 19.5 Å². The third-order valence-electron chi connectivity index (χ3n) is 6.72. The molecule has 6 heteroatoms. The van der Waals surface area contributed by atoms with E-state index in [4.69, 9.17) is 10.1 Å². The van der Waals surface area contributed by atoms with Crippen molar-refractivity contribution in [3.05, 3.63) is 120 Å². The number of anilines is 1. The molecule has 0 atom stereocenters. The molecule has 0 aliphatic carbocycles. The molecule has 6 rings (SSSR count). The first-order valence-electron chi connectivity index (χ1n) is 12.0. The quantitative estimate of drug-likeness (QED) is 0.348. The van der Waals surface area contributed by atoms with Gasteiger partial charge in [-0.05, 0) is 41.5 Å². The number of rotatable bonds is 5. The Morgan fingerprint density at radius 3 is 2.00 bits per heavy atom. The summed E-state index contributed by atoms with van der Waals surface area (Å²) in [5.74, 6) is 0.686. The molecule has 2 aromatic heterocycles. The van der Waals surface area contributed by atoms with Crippen molar-refractivity contribution in [2.24, 2.45) is 0 Å². The molecule has 1 saturated heterocycles. The van der Waals surface area contributed by atoms with E-state index in [-0.39, 0.29) is 11.9 Å². The van der Waals surface area contributed by atoms with Gasteiger partial charge in [-0.2, -0.15) is 5.10 Å². The van der Waals surface area contributed by atoms with Crippen LogP contribution in [0.25, 0.3) is 16.8 Å². The normalized spacial score (nSPS) is 14.6. The van der Waals surface area contributed by atoms with Crippen LogP contribution >= 0.6 is 0 Å². The van der Waals surface area contributed by atoms with Crippen molar-refractivity contribution >= 4 is 11.3 Å². The monoisotopic (exact) mass is 463 g/mol. The molecule has 3 aromatic carbocycles. The topological polar surface area (TPSA) is 36.7 Å². The van der Waals surface area contributed by atoms with Gasteiger partial charge in [0.15, 0.2) is 5.82 Å². The highest BCUT2D eigenvalue weighted by Crippen LogP contribution is 2.31. The summed E-state index contributed by atoms with van der Waals surface area (Å²) in [6.07, 6.45) is 3.66. The Hall–Kier alpha value is -4.03. The van der Waals surface area contributed by atoms with Crippen LogP contribution in [0.1, 0.15) is 17.2 Å². The molecule has 0 N–H and O–H groups in total. The van der Waals surface area contributed by atoms with Crippen LogP contribution in [0.4, 0.5) is 10.2 Å². The number of halogens is 1. The number of nitrogens with zero attached hydrogens (tertiary/aromatic N) is 5. The number of aromatic nitrogens is 3. The summed E-state index contributed by atoms with van der Waals surface area (Å²) < 4.78 is 15.2. The van der Waals surface area contributed by atoms with Gasteiger partial charge in [-0.1, -0.05) is 60.7 Å². The number of piperazine rings is 1. The first-order chi connectivity index (χ1) is 17.3. The lowest BCUT2D eigenvalue weighted by Gasteiger charge is -2.40. The standard InChI is InChI=1S/C29H26FN5/c30-25-13-11-22(12-14-25)26-21-27-29(31-15-16-35(27)32-26)34-19-17-33(18-20-34)28(23-7-3-1-4-8-23)24-9-5-2-6-10-24/h1-16,21,28H,17-20H2. The molecule has 5 aromatic rings. The van der Waals surface area contributed by atoms with Gasteiger partial charge >= 0.3 is 0 Å². The highest BCUT2D eigenvalue weighted by atomic mass is 19.1. The molecule has 5 nitrogen and oxygen atoms in total. The Morgan fingerprint density at radius 1 is 0.743 bits per heavy atom. The average molecular weight is 464 g/mol. The maximum atomic E-state index is 13.4. The number of fused-ring (bicyclic) bond motifs is 1. The largest absolute Gasteiger partial charge is 0.352 e. The molecule has 35 heavy (non-hydrogen) atoms. The molecule has 0 bridgehead atoms. The molecule has 1 aliphatic rings. The van der Waals surface area contributed by atoms with Crippen LogP contribution in [0.15, 0.2) is 103 Å². The third-order valence-corrected chi connectivity index (χ3v) is 6.72. The minimum absolute atomic E-state index is 0.225. The van der Waals surface area contributed by atoms with Crippen LogP contribution in [0, 0.1) is 5.82 Å². The minimum Gasteiger partial charge on any atom is -0.352 e. The van der Waals surface area contributed by atoms with E-state index in [1.807, 2.05) is 16.8 Å². The zero-order valence-electron chi connectivity index (χ0n) is 19.3. The average Bonchev–Trinajstić information content (AvgIpc) is 3.36. The van der Waals surface area contributed by atoms with Crippen molar-refractivity contribution in [2.45, 2.75) is 6.04 Å². The lowest BCUT2D eigenvalue weighted by atomic mass is 9.96. The van der Waals surface area contributed by atoms with Gasteiger partial charge in [0.05, 0.1) is 11.7 Å². The molecule has 0 radical (unpaired) electrons. The molecule has 1 aliphatic heterocycles. The summed E-state index contributed by atoms with van der Waals surface area (Å²) in [4.78, 5) is 9.62. The second-order valence-electron chi connectivity index (χ2n) is 8.86. The van der Waals surface area contributed by atoms with Gasteiger partial charge in [0.2, 0.25) is 0 Å². The SMILES string of the molecule is Fc1ccc(-c2cc3c(N4CCN(C(c5ccccc5)c5ccccc5)CC4)nccn3n2)cc1. The van der Waals surface area contributed by atoms with Crippen molar-refractivity contribution in [2.75, 3.05) is 31.1 Å². The van der Waals surface area contributed by atoms with Crippen LogP contribution in [0.2, 0.25) is 0 Å². The van der Waals surface area contributed by atoms with E-state index in [0.717, 1.165) is 48.8 Å². The smallest absolute Gasteiger partial charge is 0.154 e. The Kier molecular flexibility index (Phi) is 5.72. The zero-order valence-corrected chi connectivity index (χ0v) is 19.3. The molecule has 3 heterocycles. The van der Waals surface area contributed by atoms with Crippen LogP contribution < -0.4 is 4.90 Å². The van der Waals surface area contributed by atoms with Crippen LogP contribution in [-0.2, 0) is 0 Å². The number of hydrogen-bond donors (Lipinski definition) is 0. The van der Waals surface area contributed by atoms with Gasteiger partial charge in [-0.25, -0.2) is 13.9 Å². The van der Waals surface area contributed by atoms with Gasteiger partial charge in [0, 0.05) is 44.1 Å². The van der Waals surface area contributed by atoms with Gasteiger partial charge < -0.3 is 4.90 Å². The molecule has 0 unspecified atom stereocenters. The molecular formula is C29H26FN5. The van der Waals surface area contributed by atoms with Crippen molar-refractivity contribution in [3.8, 4) is 11.3 Å². The van der Waals surface area contributed by atoms with Crippen LogP contribution in [0.5, 0.6) is 0 Å². The van der Waals surface area contributed by atoms with Gasteiger partial charge in [-0.15, -0.1) is 0 Å². The van der Waals surface area contributed by atoms with E-state index in [1.54, 1.807) is 18.3 Å². The summed E-state index contributed by atoms with van der Waals surface area (Å²) in [6, 6.07) is 30.2. The van der Waals surface area contributed by atoms with E-state index < -0.39 is 0 Å². The van der Waals surface area contributed by atoms with E-state index in [1.165, 1.54) is 23.3 Å². The minimum atomic E-state index is -0.248. The van der Waals surface area contributed by atoms with E-state index in [0.29, 0.717) is 0 Å². The summed E-state index contributed by atoms with van der Waals surface area (Å²) in [5.41, 5.74) is 5.28. The molecule has 1 fully saturated rings. The molecule has 0 saturated carbocycles. The van der Waals surface area contributed by atoms with Gasteiger partial charge in [0.1, 0.15) is 11.3 Å². The fourth-order valence-corrected chi connectivity index (χ4v) is 4.99. The van der Waals surface area contributed by atoms with Crippen molar-refractivity contribution in [3.63, 3.8) is 0 Å². The van der Waals surface area contributed by atoms with E-state index in [2.05, 4.69) is 70.5 Å². The molecule has 0 spiro atoms. The molecule has 0 amide bonds. The lowest BCUT2D eigenvalue weighted by Crippen LogP contribution is -2.48. The molecule has 174 valence electrons. The van der Waals surface area contributed by atoms with Gasteiger partial charge in [-0.3, -0.25) is 4.90 Å². The van der Waals surface area contributed by atoms with Crippen LogP contribution in [-0.4, -0.2) is 45.7 Å². The van der Waals surface area contributed by atoms with Gasteiger partial charge in [0.25, 0.3) is 0 Å². The Bertz CT molecular complexity index is 1370. The first kappa shape index (κ1) is 21.5. The van der Waals surface area contributed by atoms with E-state index >= 15 is 0 Å². The summed E-state index contributed by atoms with van der Waals surface area (Å²) in [5, 5.41) is 4.71. The Morgan fingerprint density at radius 2 is 1.37 bits per heavy atom. The third kappa shape index (κ3) is 4.29. The number of hydrogen-bond acceptors (Lipinski definition) is 4. The maximum Gasteiger partial charge on any atom is 0.154 e. The highest BCUT2D eigenvalue weighted by Gasteiger charge is 2.27. The summed E-state index contributed by atoms with van der Waals surface area (Å²) in [6.45, 7) is 3.60. The zero-order chi connectivity index (χ0) is 23.6. The van der Waals surface area contributed by atoms with Crippen LogP contribution in [0.3, 0.4) is 0 Å². The summed E-state index contributed by atoms with van der Waals surface area (Å²) >= 11 is 0. The van der Waals surface area contributed by atoms with E-state index in [9.17, 15) is 4.39 Å². The number of benzene rings is 3. The summed E-state index contributed by atoms with van der Waals surface area (Å²) in [7, 11) is 0. The Labute approximate surface area is 204 Å². The van der Waals surface area contributed by atoms with Crippen molar-refractivity contribution < 1.29 is 4.39 Å².